The first-order valence-electron chi connectivity index (χ1n) is 13.5. The predicted molar refractivity (Wildman–Crippen MR) is 137 cm³/mol. The van der Waals surface area contributed by atoms with E-state index >= 15 is 0 Å². The van der Waals surface area contributed by atoms with Crippen LogP contribution in [0.15, 0.2) is 48.5 Å². The summed E-state index contributed by atoms with van der Waals surface area (Å²) >= 11 is 0. The van der Waals surface area contributed by atoms with Gasteiger partial charge in [-0.05, 0) is 91.3 Å². The zero-order valence-electron chi connectivity index (χ0n) is 22.2. The smallest absolute Gasteiger partial charge is 0.419 e. The summed E-state index contributed by atoms with van der Waals surface area (Å²) in [6, 6.07) is 7.86. The number of hydrogen-bond acceptors (Lipinski definition) is 1. The molecule has 10 heteroatoms. The van der Waals surface area contributed by atoms with Gasteiger partial charge in [0.15, 0.2) is 11.6 Å². The van der Waals surface area contributed by atoms with Crippen molar-refractivity contribution in [3.8, 4) is 16.9 Å². The number of halogens is 9. The molecule has 1 fully saturated rings. The molecule has 3 aromatic carbocycles. The Hall–Kier alpha value is -3.17. The second-order valence-electron chi connectivity index (χ2n) is 10.5. The summed E-state index contributed by atoms with van der Waals surface area (Å²) in [4.78, 5) is 0. The van der Waals surface area contributed by atoms with Gasteiger partial charge in [-0.3, -0.25) is 0 Å². The summed E-state index contributed by atoms with van der Waals surface area (Å²) in [6.45, 7) is 1.88. The highest BCUT2D eigenvalue weighted by Gasteiger charge is 2.35. The van der Waals surface area contributed by atoms with Crippen LogP contribution in [0.1, 0.15) is 74.5 Å². The van der Waals surface area contributed by atoms with Crippen LogP contribution >= 0.6 is 0 Å². The number of alkyl halides is 5. The van der Waals surface area contributed by atoms with Crippen LogP contribution in [-0.4, -0.2) is 6.11 Å². The van der Waals surface area contributed by atoms with Gasteiger partial charge in [0.05, 0.1) is 12.0 Å². The molecule has 0 aliphatic heterocycles. The zero-order valence-corrected chi connectivity index (χ0v) is 22.2. The van der Waals surface area contributed by atoms with Gasteiger partial charge in [0.2, 0.25) is 0 Å². The standard InChI is InChI=1S/C31H29F9O/c1-2-3-20-8-11-24(29(35)28(20)34)19-6-4-18(5-7-19)14-15-30(36,37)41-22-10-12-23(26(32)17-22)21-9-13-25(27(33)16-21)31(38,39)40/h8-13,16-19H,2-7,14-15H2,1H3. The molecule has 0 bridgehead atoms. The average molecular weight is 589 g/mol. The molecule has 1 aliphatic carbocycles. The molecule has 0 atom stereocenters. The molecule has 0 N–H and O–H groups in total. The lowest BCUT2D eigenvalue weighted by molar-refractivity contribution is -0.183. The minimum atomic E-state index is -4.92. The van der Waals surface area contributed by atoms with Gasteiger partial charge < -0.3 is 4.74 Å². The third kappa shape index (κ3) is 7.38. The minimum absolute atomic E-state index is 0.0679. The Kier molecular flexibility index (Phi) is 9.29. The largest absolute Gasteiger partial charge is 0.432 e. The van der Waals surface area contributed by atoms with Crippen molar-refractivity contribution in [2.24, 2.45) is 5.92 Å². The first kappa shape index (κ1) is 30.8. The topological polar surface area (TPSA) is 9.23 Å². The second kappa shape index (κ2) is 12.4. The van der Waals surface area contributed by atoms with Crippen molar-refractivity contribution in [2.75, 3.05) is 0 Å². The molecule has 0 heterocycles. The molecule has 0 unspecified atom stereocenters. The van der Waals surface area contributed by atoms with Gasteiger partial charge in [0, 0.05) is 11.6 Å². The highest BCUT2D eigenvalue weighted by Crippen LogP contribution is 2.41. The Bertz CT molecular complexity index is 1360. The lowest BCUT2D eigenvalue weighted by Gasteiger charge is -2.30. The van der Waals surface area contributed by atoms with Crippen LogP contribution in [0.3, 0.4) is 0 Å². The zero-order chi connectivity index (χ0) is 29.9. The SMILES string of the molecule is CCCc1ccc(C2CCC(CCC(F)(F)Oc3ccc(-c4ccc(C(F)(F)F)c(F)c4)c(F)c3)CC2)c(F)c1F. The molecule has 1 saturated carbocycles. The van der Waals surface area contributed by atoms with E-state index in [-0.39, 0.29) is 29.4 Å². The molecule has 0 amide bonds. The van der Waals surface area contributed by atoms with E-state index in [4.69, 9.17) is 4.74 Å². The normalized spacial score (nSPS) is 18.0. The van der Waals surface area contributed by atoms with Gasteiger partial charge in [-0.15, -0.1) is 0 Å². The first-order chi connectivity index (χ1) is 19.3. The molecule has 0 saturated heterocycles. The molecule has 41 heavy (non-hydrogen) atoms. The van der Waals surface area contributed by atoms with Crippen molar-refractivity contribution in [1.29, 1.82) is 0 Å². The van der Waals surface area contributed by atoms with Crippen LogP contribution in [0.2, 0.25) is 0 Å². The van der Waals surface area contributed by atoms with Crippen LogP contribution in [0, 0.1) is 29.2 Å². The summed E-state index contributed by atoms with van der Waals surface area (Å²) in [5.41, 5.74) is -1.31. The van der Waals surface area contributed by atoms with Gasteiger partial charge in [0.25, 0.3) is 0 Å². The first-order valence-corrected chi connectivity index (χ1v) is 13.5. The third-order valence-corrected chi connectivity index (χ3v) is 7.63. The fourth-order valence-electron chi connectivity index (χ4n) is 5.45. The Morgan fingerprint density at radius 3 is 2.10 bits per heavy atom. The lowest BCUT2D eigenvalue weighted by atomic mass is 9.77. The van der Waals surface area contributed by atoms with Gasteiger partial charge in [0.1, 0.15) is 17.4 Å². The molecule has 222 valence electrons. The number of rotatable bonds is 9. The maximum Gasteiger partial charge on any atom is 0.419 e. The molecule has 3 aromatic rings. The molecule has 0 aromatic heterocycles. The van der Waals surface area contributed by atoms with E-state index in [2.05, 4.69) is 0 Å². The number of benzene rings is 3. The summed E-state index contributed by atoms with van der Waals surface area (Å²) in [5, 5.41) is 0. The van der Waals surface area contributed by atoms with Crippen LogP contribution in [-0.2, 0) is 12.6 Å². The van der Waals surface area contributed by atoms with Crippen LogP contribution in [0.4, 0.5) is 39.5 Å². The summed E-state index contributed by atoms with van der Waals surface area (Å²) in [5.74, 6) is -5.05. The molecule has 0 radical (unpaired) electrons. The van der Waals surface area contributed by atoms with Gasteiger partial charge >= 0.3 is 12.3 Å². The molecular weight excluding hydrogens is 559 g/mol. The van der Waals surface area contributed by atoms with Crippen molar-refractivity contribution < 1.29 is 44.3 Å². The van der Waals surface area contributed by atoms with Gasteiger partial charge in [-0.1, -0.05) is 31.5 Å². The van der Waals surface area contributed by atoms with E-state index in [9.17, 15) is 39.5 Å². The maximum atomic E-state index is 14.6. The van der Waals surface area contributed by atoms with E-state index < -0.39 is 53.3 Å². The number of ether oxygens (including phenoxy) is 1. The molecule has 4 rings (SSSR count). The Morgan fingerprint density at radius 1 is 0.780 bits per heavy atom. The van der Waals surface area contributed by atoms with E-state index in [0.29, 0.717) is 67.9 Å². The van der Waals surface area contributed by atoms with E-state index in [0.717, 1.165) is 18.2 Å². The number of aryl methyl sites for hydroxylation is 1. The van der Waals surface area contributed by atoms with E-state index in [1.807, 2.05) is 6.92 Å². The van der Waals surface area contributed by atoms with Crippen molar-refractivity contribution in [3.05, 3.63) is 88.5 Å². The molecule has 1 aliphatic rings. The molecule has 0 spiro atoms. The fourth-order valence-corrected chi connectivity index (χ4v) is 5.45. The monoisotopic (exact) mass is 588 g/mol. The third-order valence-electron chi connectivity index (χ3n) is 7.63. The fraction of sp³-hybridized carbons (Fsp3) is 0.419. The predicted octanol–water partition coefficient (Wildman–Crippen LogP) is 10.6. The maximum absolute atomic E-state index is 14.6. The van der Waals surface area contributed by atoms with Crippen molar-refractivity contribution in [1.82, 2.24) is 0 Å². The van der Waals surface area contributed by atoms with Gasteiger partial charge in [-0.25, -0.2) is 17.6 Å². The van der Waals surface area contributed by atoms with Gasteiger partial charge in [-0.2, -0.15) is 22.0 Å². The Labute approximate surface area is 232 Å². The molecular formula is C31H29F9O. The van der Waals surface area contributed by atoms with E-state index in [1.54, 1.807) is 12.1 Å². The quantitative estimate of drug-likeness (QED) is 0.226. The Balaban J connectivity index is 1.32. The molecule has 1 nitrogen and oxygen atoms in total. The number of hydrogen-bond donors (Lipinski definition) is 0. The summed E-state index contributed by atoms with van der Waals surface area (Å²) in [7, 11) is 0. The van der Waals surface area contributed by atoms with Crippen LogP contribution < -0.4 is 4.74 Å². The highest BCUT2D eigenvalue weighted by atomic mass is 19.4. The Morgan fingerprint density at radius 2 is 1.49 bits per heavy atom. The van der Waals surface area contributed by atoms with Crippen LogP contribution in [0.25, 0.3) is 11.1 Å². The highest BCUT2D eigenvalue weighted by molar-refractivity contribution is 5.65. The minimum Gasteiger partial charge on any atom is -0.432 e. The van der Waals surface area contributed by atoms with Crippen molar-refractivity contribution in [3.63, 3.8) is 0 Å². The second-order valence-corrected chi connectivity index (χ2v) is 10.5. The van der Waals surface area contributed by atoms with Crippen molar-refractivity contribution >= 4 is 0 Å². The lowest BCUT2D eigenvalue weighted by Crippen LogP contribution is -2.26. The summed E-state index contributed by atoms with van der Waals surface area (Å²) in [6.07, 6.45) is -5.74. The summed E-state index contributed by atoms with van der Waals surface area (Å²) < 4.78 is 130. The van der Waals surface area contributed by atoms with Crippen molar-refractivity contribution in [2.45, 2.75) is 76.5 Å². The average Bonchev–Trinajstić information content (AvgIpc) is 2.90. The van der Waals surface area contributed by atoms with Crippen LogP contribution in [0.5, 0.6) is 5.75 Å². The van der Waals surface area contributed by atoms with E-state index in [1.165, 1.54) is 0 Å².